The number of hydrogen-bond acceptors (Lipinski definition) is 3. The van der Waals surface area contributed by atoms with Gasteiger partial charge in [-0.2, -0.15) is 5.10 Å². The van der Waals surface area contributed by atoms with Crippen molar-refractivity contribution in [1.82, 2.24) is 10.2 Å². The van der Waals surface area contributed by atoms with Crippen LogP contribution in [0.25, 0.3) is 0 Å². The summed E-state index contributed by atoms with van der Waals surface area (Å²) in [5.41, 5.74) is 2.77. The Morgan fingerprint density at radius 1 is 1.24 bits per heavy atom. The van der Waals surface area contributed by atoms with E-state index in [1.807, 2.05) is 34.6 Å². The first-order valence-corrected chi connectivity index (χ1v) is 6.67. The largest absolute Gasteiger partial charge is 0.383 e. The zero-order chi connectivity index (χ0) is 13.3. The number of fused-ring (bicyclic) bond motifs is 1. The van der Waals surface area contributed by atoms with Crippen molar-refractivity contribution in [3.05, 3.63) is 21.6 Å². The molecule has 1 aromatic heterocycles. The second kappa shape index (κ2) is 8.79. The van der Waals surface area contributed by atoms with Crippen molar-refractivity contribution in [2.24, 2.45) is 0 Å². The minimum atomic E-state index is -0.0422. The van der Waals surface area contributed by atoms with Crippen LogP contribution in [0.5, 0.6) is 0 Å². The lowest BCUT2D eigenvalue weighted by atomic mass is 10.0. The molecule has 1 aliphatic heterocycles. The van der Waals surface area contributed by atoms with Gasteiger partial charge in [0.2, 0.25) is 0 Å². The van der Waals surface area contributed by atoms with E-state index < -0.39 is 0 Å². The van der Waals surface area contributed by atoms with E-state index in [2.05, 4.69) is 15.5 Å². The van der Waals surface area contributed by atoms with E-state index in [1.54, 1.807) is 0 Å². The van der Waals surface area contributed by atoms with Crippen LogP contribution in [-0.2, 0) is 12.8 Å². The van der Waals surface area contributed by atoms with Gasteiger partial charge in [0.1, 0.15) is 0 Å². The fourth-order valence-electron chi connectivity index (χ4n) is 1.71. The molecule has 2 heterocycles. The van der Waals surface area contributed by atoms with Crippen molar-refractivity contribution in [1.29, 1.82) is 0 Å². The fourth-order valence-corrected chi connectivity index (χ4v) is 1.71. The molecular weight excluding hydrogens is 214 g/mol. The summed E-state index contributed by atoms with van der Waals surface area (Å²) in [7, 11) is 0. The number of nitrogens with zero attached hydrogens (tertiary/aromatic N) is 1. The molecule has 4 nitrogen and oxygen atoms in total. The molecule has 0 unspecified atom stereocenters. The predicted octanol–water partition coefficient (Wildman–Crippen LogP) is 2.74. The monoisotopic (exact) mass is 239 g/mol. The van der Waals surface area contributed by atoms with Gasteiger partial charge >= 0.3 is 0 Å². The first-order chi connectivity index (χ1) is 8.33. The molecule has 0 aromatic carbocycles. The molecule has 0 spiro atoms. The Balaban J connectivity index is 0.000000581. The zero-order valence-corrected chi connectivity index (χ0v) is 11.7. The molecule has 0 saturated carbocycles. The Kier molecular flexibility index (Phi) is 8.11. The highest BCUT2D eigenvalue weighted by molar-refractivity contribution is 5.55. The SMILES string of the molecule is CC.CC.CCc1n[nH]c(=O)c2c1NCCC2. The maximum absolute atomic E-state index is 11.4. The summed E-state index contributed by atoms with van der Waals surface area (Å²) in [5, 5.41) is 9.78. The average Bonchev–Trinajstić information content (AvgIpc) is 2.44. The van der Waals surface area contributed by atoms with E-state index in [0.717, 1.165) is 42.8 Å². The third-order valence-electron chi connectivity index (χ3n) is 2.40. The van der Waals surface area contributed by atoms with Crippen LogP contribution in [0.4, 0.5) is 5.69 Å². The Morgan fingerprint density at radius 2 is 1.88 bits per heavy atom. The maximum atomic E-state index is 11.4. The summed E-state index contributed by atoms with van der Waals surface area (Å²) in [6, 6.07) is 0. The highest BCUT2D eigenvalue weighted by Gasteiger charge is 2.15. The number of anilines is 1. The number of hydrogen-bond donors (Lipinski definition) is 2. The lowest BCUT2D eigenvalue weighted by molar-refractivity contribution is 0.776. The molecule has 4 heteroatoms. The molecule has 2 N–H and O–H groups in total. The lowest BCUT2D eigenvalue weighted by Crippen LogP contribution is -2.24. The minimum Gasteiger partial charge on any atom is -0.383 e. The first-order valence-electron chi connectivity index (χ1n) is 6.67. The van der Waals surface area contributed by atoms with E-state index in [1.165, 1.54) is 0 Å². The van der Waals surface area contributed by atoms with Gasteiger partial charge in [0.15, 0.2) is 0 Å². The standard InChI is InChI=1S/C9H13N3O.2C2H6/c1-2-7-8-6(4-3-5-10-8)9(13)12-11-7;2*1-2/h10H,2-5H2,1H3,(H,12,13);2*1-2H3. The van der Waals surface area contributed by atoms with E-state index >= 15 is 0 Å². The molecule has 0 radical (unpaired) electrons. The van der Waals surface area contributed by atoms with Gasteiger partial charge < -0.3 is 5.32 Å². The zero-order valence-electron chi connectivity index (χ0n) is 11.7. The second-order valence-corrected chi connectivity index (χ2v) is 3.24. The number of aromatic nitrogens is 2. The van der Waals surface area contributed by atoms with Crippen LogP contribution < -0.4 is 10.9 Å². The molecule has 0 bridgehead atoms. The number of aryl methyl sites for hydroxylation is 1. The van der Waals surface area contributed by atoms with Crippen molar-refractivity contribution in [3.63, 3.8) is 0 Å². The lowest BCUT2D eigenvalue weighted by Gasteiger charge is -2.18. The van der Waals surface area contributed by atoms with Gasteiger partial charge in [0, 0.05) is 12.1 Å². The second-order valence-electron chi connectivity index (χ2n) is 3.24. The quantitative estimate of drug-likeness (QED) is 0.792. The van der Waals surface area contributed by atoms with Gasteiger partial charge in [-0.3, -0.25) is 4.79 Å². The van der Waals surface area contributed by atoms with Crippen LogP contribution in [0.15, 0.2) is 4.79 Å². The Labute approximate surface area is 104 Å². The third kappa shape index (κ3) is 3.88. The summed E-state index contributed by atoms with van der Waals surface area (Å²) >= 11 is 0. The van der Waals surface area contributed by atoms with Crippen LogP contribution in [0, 0.1) is 0 Å². The van der Waals surface area contributed by atoms with Gasteiger partial charge in [0.05, 0.1) is 11.4 Å². The summed E-state index contributed by atoms with van der Waals surface area (Å²) in [6.07, 6.45) is 2.75. The highest BCUT2D eigenvalue weighted by Crippen LogP contribution is 2.20. The molecule has 0 aliphatic carbocycles. The summed E-state index contributed by atoms with van der Waals surface area (Å²) < 4.78 is 0. The Morgan fingerprint density at radius 3 is 2.47 bits per heavy atom. The number of rotatable bonds is 1. The van der Waals surface area contributed by atoms with Crippen LogP contribution >= 0.6 is 0 Å². The molecule has 0 saturated heterocycles. The van der Waals surface area contributed by atoms with E-state index in [4.69, 9.17) is 0 Å². The predicted molar refractivity (Wildman–Crippen MR) is 73.7 cm³/mol. The molecule has 98 valence electrons. The third-order valence-corrected chi connectivity index (χ3v) is 2.40. The van der Waals surface area contributed by atoms with E-state index in [0.29, 0.717) is 0 Å². The molecule has 0 fully saturated rings. The van der Waals surface area contributed by atoms with Gasteiger partial charge in [-0.1, -0.05) is 34.6 Å². The molecule has 2 rings (SSSR count). The Hall–Kier alpha value is -1.32. The van der Waals surface area contributed by atoms with Gasteiger partial charge in [-0.05, 0) is 19.3 Å². The molecule has 17 heavy (non-hydrogen) atoms. The van der Waals surface area contributed by atoms with E-state index in [-0.39, 0.29) is 5.56 Å². The van der Waals surface area contributed by atoms with E-state index in [9.17, 15) is 4.79 Å². The summed E-state index contributed by atoms with van der Waals surface area (Å²) in [5.74, 6) is 0. The summed E-state index contributed by atoms with van der Waals surface area (Å²) in [6.45, 7) is 11.0. The molecule has 0 atom stereocenters. The molecule has 1 aromatic rings. The topological polar surface area (TPSA) is 57.8 Å². The van der Waals surface area contributed by atoms with Gasteiger partial charge in [-0.15, -0.1) is 0 Å². The highest BCUT2D eigenvalue weighted by atomic mass is 16.1. The Bertz CT molecular complexity index is 371. The first kappa shape index (κ1) is 15.7. The number of aromatic amines is 1. The minimum absolute atomic E-state index is 0.0422. The van der Waals surface area contributed by atoms with Gasteiger partial charge in [-0.25, -0.2) is 5.10 Å². The van der Waals surface area contributed by atoms with Crippen molar-refractivity contribution in [3.8, 4) is 0 Å². The van der Waals surface area contributed by atoms with Crippen molar-refractivity contribution < 1.29 is 0 Å². The maximum Gasteiger partial charge on any atom is 0.269 e. The summed E-state index contributed by atoms with van der Waals surface area (Å²) in [4.78, 5) is 11.4. The van der Waals surface area contributed by atoms with Crippen molar-refractivity contribution >= 4 is 5.69 Å². The smallest absolute Gasteiger partial charge is 0.269 e. The van der Waals surface area contributed by atoms with Crippen molar-refractivity contribution in [2.45, 2.75) is 53.9 Å². The van der Waals surface area contributed by atoms with Crippen LogP contribution in [-0.4, -0.2) is 16.7 Å². The molecular formula is C13H25N3O. The van der Waals surface area contributed by atoms with Crippen LogP contribution in [0.3, 0.4) is 0 Å². The molecule has 1 aliphatic rings. The number of nitrogens with one attached hydrogen (secondary N) is 2. The van der Waals surface area contributed by atoms with Crippen LogP contribution in [0.2, 0.25) is 0 Å². The average molecular weight is 239 g/mol. The van der Waals surface area contributed by atoms with Crippen LogP contribution in [0.1, 0.15) is 52.3 Å². The van der Waals surface area contributed by atoms with Crippen molar-refractivity contribution in [2.75, 3.05) is 11.9 Å². The molecule has 0 amide bonds. The van der Waals surface area contributed by atoms with Gasteiger partial charge in [0.25, 0.3) is 5.56 Å². The fraction of sp³-hybridized carbons (Fsp3) is 0.692. The number of H-pyrrole nitrogens is 1. The normalized spacial score (nSPS) is 12.1.